The third kappa shape index (κ3) is 5.23. The zero-order valence-corrected chi connectivity index (χ0v) is 22.3. The van der Waals surface area contributed by atoms with Crippen LogP contribution in [0, 0.1) is 37.1 Å². The molecule has 1 N–H and O–H groups in total. The molecule has 4 aromatic heterocycles. The molecule has 7 nitrogen and oxygen atoms in total. The number of hydrogen-bond acceptors (Lipinski definition) is 6. The number of pyridine rings is 4. The molecule has 0 saturated carbocycles. The molecular weight excluding hydrogens is 549 g/mol. The van der Waals surface area contributed by atoms with Crippen molar-refractivity contribution in [2.24, 2.45) is 0 Å². The topological polar surface area (TPSA) is 90.1 Å². The number of hydrogen-bond donors (Lipinski definition) is 1. The van der Waals surface area contributed by atoms with Crippen molar-refractivity contribution in [2.45, 2.75) is 38.7 Å². The zero-order chi connectivity index (χ0) is 29.7. The third-order valence-corrected chi connectivity index (χ3v) is 6.23. The molecule has 0 amide bonds. The summed E-state index contributed by atoms with van der Waals surface area (Å²) in [4.78, 5) is 24.8. The zero-order valence-electron chi connectivity index (χ0n) is 21.6. The summed E-state index contributed by atoms with van der Waals surface area (Å²) in [5.74, 6) is -4.63. The van der Waals surface area contributed by atoms with Crippen molar-refractivity contribution in [3.63, 3.8) is 0 Å². The van der Waals surface area contributed by atoms with Crippen molar-refractivity contribution in [2.75, 3.05) is 0 Å². The number of nitrogens with zero attached hydrogens (tertiary/aromatic N) is 4. The molecular formula is C26H19B2ClF4N4O3. The molecule has 0 saturated heterocycles. The number of rotatable bonds is 6. The van der Waals surface area contributed by atoms with Crippen molar-refractivity contribution in [3.05, 3.63) is 98.1 Å². The van der Waals surface area contributed by atoms with Gasteiger partial charge in [-0.25, -0.2) is 17.6 Å². The highest BCUT2D eigenvalue weighted by Crippen LogP contribution is 2.34. The first kappa shape index (κ1) is 29.3. The van der Waals surface area contributed by atoms with Gasteiger partial charge in [0.25, 0.3) is 5.56 Å². The van der Waals surface area contributed by atoms with Gasteiger partial charge in [-0.1, -0.05) is 11.6 Å². The van der Waals surface area contributed by atoms with Crippen molar-refractivity contribution >= 4 is 27.3 Å². The van der Waals surface area contributed by atoms with Gasteiger partial charge in [-0.2, -0.15) is 0 Å². The first-order valence-electron chi connectivity index (χ1n) is 11.6. The van der Waals surface area contributed by atoms with E-state index in [4.69, 9.17) is 32.0 Å². The van der Waals surface area contributed by atoms with Crippen LogP contribution in [0.4, 0.5) is 17.6 Å². The molecule has 0 fully saturated rings. The minimum Gasteiger partial charge on any atom is -0.499 e. The summed E-state index contributed by atoms with van der Waals surface area (Å²) >= 11 is 6.26. The van der Waals surface area contributed by atoms with Gasteiger partial charge in [0.2, 0.25) is 0 Å². The number of halogens is 5. The Balaban J connectivity index is 1.85. The van der Waals surface area contributed by atoms with Gasteiger partial charge >= 0.3 is 0 Å². The minimum absolute atomic E-state index is 0.0688. The van der Waals surface area contributed by atoms with Gasteiger partial charge in [-0.05, 0) is 39.3 Å². The summed E-state index contributed by atoms with van der Waals surface area (Å²) in [6.45, 7) is 5.52. The lowest BCUT2D eigenvalue weighted by Crippen LogP contribution is -2.37. The van der Waals surface area contributed by atoms with E-state index in [1.165, 1.54) is 52.2 Å². The molecule has 0 bridgehead atoms. The van der Waals surface area contributed by atoms with Crippen molar-refractivity contribution in [1.82, 2.24) is 19.5 Å². The SMILES string of the molecule is [B]C([B])(Oc1cc(C)n(-c2c(C)cnc(-c3ccnc(C(C)(C)O)c3F)c2F)c(=O)c1Cl)c1ncc(F)cc1F. The molecule has 0 aromatic carbocycles. The standard InChI is InChI=1S/C26H19B2ClF4N4O3/c1-11-9-35-20(14-5-6-34-23(18(14)32)25(3,4)39)19(33)21(11)37-12(2)7-16(17(29)24(37)38)40-26(27,28)22-15(31)8-13(30)10-36-22/h5-10,39H,1-4H3. The Labute approximate surface area is 233 Å². The molecule has 0 aliphatic heterocycles. The molecule has 14 heteroatoms. The summed E-state index contributed by atoms with van der Waals surface area (Å²) < 4.78 is 65.1. The smallest absolute Gasteiger partial charge is 0.278 e. The first-order valence-corrected chi connectivity index (χ1v) is 12.0. The number of ether oxygens (including phenoxy) is 1. The normalized spacial score (nSPS) is 12.1. The van der Waals surface area contributed by atoms with Crippen molar-refractivity contribution in [3.8, 4) is 22.7 Å². The Morgan fingerprint density at radius 2 is 1.68 bits per heavy atom. The van der Waals surface area contributed by atoms with E-state index in [1.54, 1.807) is 0 Å². The lowest BCUT2D eigenvalue weighted by atomic mass is 9.62. The van der Waals surface area contributed by atoms with Crippen LogP contribution >= 0.6 is 11.6 Å². The maximum atomic E-state index is 16.0. The van der Waals surface area contributed by atoms with Crippen LogP contribution in [0.15, 0.2) is 41.6 Å². The summed E-state index contributed by atoms with van der Waals surface area (Å²) in [7, 11) is 11.7. The molecule has 0 atom stereocenters. The second-order valence-corrected chi connectivity index (χ2v) is 9.89. The average Bonchev–Trinajstić information content (AvgIpc) is 2.84. The van der Waals surface area contributed by atoms with Crippen molar-refractivity contribution < 1.29 is 27.4 Å². The van der Waals surface area contributed by atoms with Gasteiger partial charge in [0, 0.05) is 35.8 Å². The molecule has 0 unspecified atom stereocenters. The van der Waals surface area contributed by atoms with Crippen LogP contribution in [-0.4, -0.2) is 40.3 Å². The van der Waals surface area contributed by atoms with Gasteiger partial charge in [0.15, 0.2) is 11.6 Å². The fourth-order valence-corrected chi connectivity index (χ4v) is 4.22. The third-order valence-electron chi connectivity index (χ3n) is 5.88. The van der Waals surface area contributed by atoms with Gasteiger partial charge in [0.05, 0.1) is 17.3 Å². The Bertz CT molecular complexity index is 1710. The lowest BCUT2D eigenvalue weighted by Gasteiger charge is -2.28. The highest BCUT2D eigenvalue weighted by Gasteiger charge is 2.31. The van der Waals surface area contributed by atoms with E-state index >= 15 is 8.78 Å². The molecule has 4 radical (unpaired) electrons. The van der Waals surface area contributed by atoms with Crippen LogP contribution in [0.2, 0.25) is 5.02 Å². The Morgan fingerprint density at radius 1 is 1.00 bits per heavy atom. The van der Waals surface area contributed by atoms with Crippen LogP contribution in [0.3, 0.4) is 0 Å². The van der Waals surface area contributed by atoms with Gasteiger partial charge < -0.3 is 9.84 Å². The Morgan fingerprint density at radius 3 is 2.30 bits per heavy atom. The number of aliphatic hydroxyl groups is 1. The molecule has 0 spiro atoms. The molecule has 0 aliphatic rings. The van der Waals surface area contributed by atoms with Gasteiger partial charge in [-0.15, -0.1) is 0 Å². The maximum absolute atomic E-state index is 16.0. The van der Waals surface area contributed by atoms with Crippen LogP contribution in [-0.2, 0) is 11.0 Å². The molecule has 40 heavy (non-hydrogen) atoms. The van der Waals surface area contributed by atoms with E-state index in [2.05, 4.69) is 15.0 Å². The molecule has 4 heterocycles. The number of aromatic nitrogens is 4. The summed E-state index contributed by atoms with van der Waals surface area (Å²) in [6, 6.07) is 2.87. The largest absolute Gasteiger partial charge is 0.499 e. The Hall–Kier alpha value is -3.70. The second kappa shape index (κ2) is 10.4. The Kier molecular flexibility index (Phi) is 7.59. The van der Waals surface area contributed by atoms with Gasteiger partial charge in [-0.3, -0.25) is 24.3 Å². The van der Waals surface area contributed by atoms with E-state index in [1.807, 2.05) is 0 Å². The quantitative estimate of drug-likeness (QED) is 0.276. The monoisotopic (exact) mass is 568 g/mol. The van der Waals surface area contributed by atoms with E-state index in [0.717, 1.165) is 4.57 Å². The molecule has 4 rings (SSSR count). The van der Waals surface area contributed by atoms with Crippen LogP contribution in [0.25, 0.3) is 16.9 Å². The average molecular weight is 569 g/mol. The predicted octanol–water partition coefficient (Wildman–Crippen LogP) is 4.27. The molecule has 4 aromatic rings. The van der Waals surface area contributed by atoms with E-state index in [9.17, 15) is 18.7 Å². The molecule has 0 aliphatic carbocycles. The van der Waals surface area contributed by atoms with Crippen molar-refractivity contribution in [1.29, 1.82) is 0 Å². The number of aryl methyl sites for hydroxylation is 2. The fraction of sp³-hybridized carbons (Fsp3) is 0.231. The first-order chi connectivity index (χ1) is 18.5. The molecule has 202 valence electrons. The van der Waals surface area contributed by atoms with Gasteiger partial charge in [0.1, 0.15) is 60.8 Å². The highest BCUT2D eigenvalue weighted by molar-refractivity contribution is 6.39. The summed E-state index contributed by atoms with van der Waals surface area (Å²) in [5, 5.41) is 7.17. The van der Waals surface area contributed by atoms with Crippen LogP contribution in [0.5, 0.6) is 5.75 Å². The van der Waals surface area contributed by atoms with E-state index < -0.39 is 62.0 Å². The van der Waals surface area contributed by atoms with E-state index in [0.29, 0.717) is 12.3 Å². The predicted molar refractivity (Wildman–Crippen MR) is 141 cm³/mol. The van der Waals surface area contributed by atoms with E-state index in [-0.39, 0.29) is 28.2 Å². The second-order valence-electron chi connectivity index (χ2n) is 9.52. The lowest BCUT2D eigenvalue weighted by molar-refractivity contribution is 0.0695. The van der Waals surface area contributed by atoms with Crippen LogP contribution in [0.1, 0.15) is 36.5 Å². The minimum atomic E-state index is -2.48. The summed E-state index contributed by atoms with van der Waals surface area (Å²) in [5.41, 5.74) is -4.43. The summed E-state index contributed by atoms with van der Waals surface area (Å²) in [6.07, 6.45) is 3.09. The highest BCUT2D eigenvalue weighted by atomic mass is 35.5. The fourth-order valence-electron chi connectivity index (χ4n) is 4.05. The van der Waals surface area contributed by atoms with Crippen LogP contribution < -0.4 is 10.3 Å². The maximum Gasteiger partial charge on any atom is 0.278 e.